The van der Waals surface area contributed by atoms with Crippen LogP contribution in [0.5, 0.6) is 0 Å². The number of carbonyl (C=O) groups excluding carboxylic acids is 2. The fourth-order valence-corrected chi connectivity index (χ4v) is 1.32. The van der Waals surface area contributed by atoms with Gasteiger partial charge in [-0.2, -0.15) is 0 Å². The van der Waals surface area contributed by atoms with E-state index in [1.165, 1.54) is 0 Å². The molecular weight excluding hydrogens is 252 g/mol. The molecule has 120 valence electrons. The van der Waals surface area contributed by atoms with E-state index in [0.29, 0.717) is 12.1 Å². The van der Waals surface area contributed by atoms with Gasteiger partial charge < -0.3 is 9.80 Å². The Morgan fingerprint density at radius 1 is 0.600 bits per heavy atom. The van der Waals surface area contributed by atoms with Crippen molar-refractivity contribution in [3.63, 3.8) is 0 Å². The summed E-state index contributed by atoms with van der Waals surface area (Å²) in [7, 11) is 3.68. The highest BCUT2D eigenvalue weighted by atomic mass is 16.2. The van der Waals surface area contributed by atoms with Crippen LogP contribution in [0, 0.1) is 11.8 Å². The van der Waals surface area contributed by atoms with E-state index in [1.807, 2.05) is 69.5 Å². The summed E-state index contributed by atoms with van der Waals surface area (Å²) in [5.41, 5.74) is 0. The first-order valence-electron chi connectivity index (χ1n) is 7.46. The molecule has 4 heteroatoms. The molecule has 0 saturated heterocycles. The SMILES string of the molecule is CC(C)C(=O)N(C)C(C)C.CC(C)C(=O)N(C)C(C)C. The zero-order chi connectivity index (χ0) is 16.6. The Hall–Kier alpha value is -1.06. The Balaban J connectivity index is 0. The molecule has 0 spiro atoms. The monoisotopic (exact) mass is 286 g/mol. The molecular formula is C16H34N2O2. The molecule has 0 atom stereocenters. The zero-order valence-electron chi connectivity index (χ0n) is 15.0. The fourth-order valence-electron chi connectivity index (χ4n) is 1.32. The molecule has 0 N–H and O–H groups in total. The van der Waals surface area contributed by atoms with Crippen LogP contribution in [-0.2, 0) is 9.59 Å². The van der Waals surface area contributed by atoms with Crippen LogP contribution in [0.4, 0.5) is 0 Å². The molecule has 0 aliphatic rings. The summed E-state index contributed by atoms with van der Waals surface area (Å²) in [6.45, 7) is 15.7. The van der Waals surface area contributed by atoms with E-state index in [4.69, 9.17) is 0 Å². The van der Waals surface area contributed by atoms with E-state index in [1.54, 1.807) is 9.80 Å². The normalized spacial score (nSPS) is 10.7. The van der Waals surface area contributed by atoms with E-state index in [2.05, 4.69) is 0 Å². The first kappa shape index (κ1) is 21.2. The lowest BCUT2D eigenvalue weighted by molar-refractivity contribution is -0.135. The van der Waals surface area contributed by atoms with Crippen molar-refractivity contribution in [2.45, 2.75) is 67.5 Å². The van der Waals surface area contributed by atoms with Gasteiger partial charge in [0.1, 0.15) is 0 Å². The van der Waals surface area contributed by atoms with Crippen LogP contribution in [0.1, 0.15) is 55.4 Å². The van der Waals surface area contributed by atoms with Gasteiger partial charge in [-0.1, -0.05) is 27.7 Å². The Morgan fingerprint density at radius 3 is 0.850 bits per heavy atom. The van der Waals surface area contributed by atoms with Gasteiger partial charge >= 0.3 is 0 Å². The molecule has 2 amide bonds. The Bertz CT molecular complexity index is 267. The summed E-state index contributed by atoms with van der Waals surface area (Å²) in [4.78, 5) is 26.0. The summed E-state index contributed by atoms with van der Waals surface area (Å²) in [5, 5.41) is 0. The molecule has 0 saturated carbocycles. The third-order valence-electron chi connectivity index (χ3n) is 3.23. The van der Waals surface area contributed by atoms with Crippen molar-refractivity contribution in [3.05, 3.63) is 0 Å². The molecule has 0 unspecified atom stereocenters. The van der Waals surface area contributed by atoms with Crippen LogP contribution in [-0.4, -0.2) is 47.8 Å². The van der Waals surface area contributed by atoms with Crippen LogP contribution < -0.4 is 0 Å². The van der Waals surface area contributed by atoms with Crippen molar-refractivity contribution in [3.8, 4) is 0 Å². The summed E-state index contributed by atoms with van der Waals surface area (Å²) >= 11 is 0. The van der Waals surface area contributed by atoms with Crippen molar-refractivity contribution < 1.29 is 9.59 Å². The molecule has 0 fully saturated rings. The average molecular weight is 286 g/mol. The van der Waals surface area contributed by atoms with Gasteiger partial charge in [0.05, 0.1) is 0 Å². The zero-order valence-corrected chi connectivity index (χ0v) is 15.0. The van der Waals surface area contributed by atoms with Gasteiger partial charge in [0.25, 0.3) is 0 Å². The minimum absolute atomic E-state index is 0.118. The highest BCUT2D eigenvalue weighted by molar-refractivity contribution is 5.78. The Labute approximate surface area is 125 Å². The van der Waals surface area contributed by atoms with Gasteiger partial charge in [-0.3, -0.25) is 9.59 Å². The van der Waals surface area contributed by atoms with Gasteiger partial charge in [-0.05, 0) is 27.7 Å². The van der Waals surface area contributed by atoms with Crippen LogP contribution in [0.15, 0.2) is 0 Å². The number of carbonyl (C=O) groups is 2. The van der Waals surface area contributed by atoms with Crippen LogP contribution in [0.2, 0.25) is 0 Å². The first-order valence-corrected chi connectivity index (χ1v) is 7.46. The number of rotatable bonds is 4. The van der Waals surface area contributed by atoms with Crippen molar-refractivity contribution in [2.24, 2.45) is 11.8 Å². The summed E-state index contributed by atoms with van der Waals surface area (Å²) in [6.07, 6.45) is 0. The lowest BCUT2D eigenvalue weighted by Gasteiger charge is -2.23. The van der Waals surface area contributed by atoms with Gasteiger partial charge in [0.15, 0.2) is 0 Å². The van der Waals surface area contributed by atoms with Crippen LogP contribution in [0.25, 0.3) is 0 Å². The third-order valence-corrected chi connectivity index (χ3v) is 3.23. The van der Waals surface area contributed by atoms with E-state index in [0.717, 1.165) is 0 Å². The second-order valence-electron chi connectivity index (χ2n) is 6.40. The number of hydrogen-bond donors (Lipinski definition) is 0. The van der Waals surface area contributed by atoms with Gasteiger partial charge in [0.2, 0.25) is 11.8 Å². The van der Waals surface area contributed by atoms with E-state index in [9.17, 15) is 9.59 Å². The maximum atomic E-state index is 11.2. The molecule has 0 rings (SSSR count). The molecule has 0 radical (unpaired) electrons. The third kappa shape index (κ3) is 8.18. The minimum atomic E-state index is 0.118. The van der Waals surface area contributed by atoms with Gasteiger partial charge in [-0.15, -0.1) is 0 Å². The molecule has 4 nitrogen and oxygen atoms in total. The second-order valence-corrected chi connectivity index (χ2v) is 6.40. The van der Waals surface area contributed by atoms with Crippen LogP contribution >= 0.6 is 0 Å². The quantitative estimate of drug-likeness (QED) is 0.797. The highest BCUT2D eigenvalue weighted by Crippen LogP contribution is 2.03. The molecule has 0 aliphatic heterocycles. The molecule has 0 bridgehead atoms. The van der Waals surface area contributed by atoms with Crippen molar-refractivity contribution >= 4 is 11.8 Å². The van der Waals surface area contributed by atoms with Crippen molar-refractivity contribution in [1.29, 1.82) is 0 Å². The lowest BCUT2D eigenvalue weighted by atomic mass is 10.2. The largest absolute Gasteiger partial charge is 0.343 e. The van der Waals surface area contributed by atoms with Gasteiger partial charge in [0, 0.05) is 38.0 Å². The predicted octanol–water partition coefficient (Wildman–Crippen LogP) is 3.02. The molecule has 0 heterocycles. The van der Waals surface area contributed by atoms with Crippen molar-refractivity contribution in [1.82, 2.24) is 9.80 Å². The lowest BCUT2D eigenvalue weighted by Crippen LogP contribution is -2.35. The van der Waals surface area contributed by atoms with E-state index < -0.39 is 0 Å². The number of hydrogen-bond acceptors (Lipinski definition) is 2. The molecule has 0 aromatic rings. The first-order chi connectivity index (χ1) is 8.93. The van der Waals surface area contributed by atoms with E-state index in [-0.39, 0.29) is 23.7 Å². The standard InChI is InChI=1S/2C8H17NO/c2*1-6(2)8(10)9(5)7(3)4/h2*6-7H,1-5H3. The molecule has 20 heavy (non-hydrogen) atoms. The summed E-state index contributed by atoms with van der Waals surface area (Å²) in [5.74, 6) is 0.671. The van der Waals surface area contributed by atoms with E-state index >= 15 is 0 Å². The maximum Gasteiger partial charge on any atom is 0.225 e. The highest BCUT2D eigenvalue weighted by Gasteiger charge is 2.15. The maximum absolute atomic E-state index is 11.2. The number of nitrogens with zero attached hydrogens (tertiary/aromatic N) is 2. The Kier molecular flexibility index (Phi) is 10.4. The second kappa shape index (κ2) is 9.78. The minimum Gasteiger partial charge on any atom is -0.343 e. The molecule has 0 aromatic heterocycles. The Morgan fingerprint density at radius 2 is 0.800 bits per heavy atom. The summed E-state index contributed by atoms with van der Waals surface area (Å²) < 4.78 is 0. The van der Waals surface area contributed by atoms with Gasteiger partial charge in [-0.25, -0.2) is 0 Å². The summed E-state index contributed by atoms with van der Waals surface area (Å²) in [6, 6.07) is 0.629. The topological polar surface area (TPSA) is 40.6 Å². The van der Waals surface area contributed by atoms with Crippen molar-refractivity contribution in [2.75, 3.05) is 14.1 Å². The number of amides is 2. The molecule has 0 aliphatic carbocycles. The fraction of sp³-hybridized carbons (Fsp3) is 0.875. The van der Waals surface area contributed by atoms with Crippen LogP contribution in [0.3, 0.4) is 0 Å². The smallest absolute Gasteiger partial charge is 0.225 e. The predicted molar refractivity (Wildman–Crippen MR) is 85.5 cm³/mol. The average Bonchev–Trinajstić information content (AvgIpc) is 2.35. The molecule has 0 aromatic carbocycles.